The Morgan fingerprint density at radius 3 is 2.68 bits per heavy atom. The van der Waals surface area contributed by atoms with Gasteiger partial charge in [-0.2, -0.15) is 5.10 Å². The molecule has 9 heteroatoms. The maximum Gasteiger partial charge on any atom is 0.259 e. The number of hydrogen-bond donors (Lipinski definition) is 3. The second-order valence-corrected chi connectivity index (χ2v) is 6.52. The number of H-pyrrole nitrogens is 1. The first kappa shape index (κ1) is 19.8. The molecule has 3 N–H and O–H groups in total. The van der Waals surface area contributed by atoms with E-state index < -0.39 is 5.91 Å². The van der Waals surface area contributed by atoms with Crippen molar-refractivity contribution in [3.63, 3.8) is 0 Å². The number of nitrogens with zero attached hydrogens (tertiary/aromatic N) is 3. The zero-order valence-corrected chi connectivity index (χ0v) is 16.4. The Balaban J connectivity index is 1.74. The van der Waals surface area contributed by atoms with Crippen LogP contribution in [0.4, 0.5) is 17.2 Å². The van der Waals surface area contributed by atoms with Gasteiger partial charge < -0.3 is 15.2 Å². The molecule has 0 saturated heterocycles. The number of rotatable bonds is 6. The molecule has 154 valence electrons. The van der Waals surface area contributed by atoms with E-state index >= 15 is 0 Å². The van der Waals surface area contributed by atoms with Crippen molar-refractivity contribution in [3.8, 4) is 11.5 Å². The summed E-state index contributed by atoms with van der Waals surface area (Å²) in [5, 5.41) is 29.3. The topological polar surface area (TPSA) is 129 Å². The number of nitrogens with one attached hydrogen (secondary N) is 2. The minimum absolute atomic E-state index is 0.0312. The molecule has 4 rings (SSSR count). The number of anilines is 1. The Morgan fingerprint density at radius 1 is 1.16 bits per heavy atom. The molecule has 4 aromatic rings. The predicted octanol–water partition coefficient (Wildman–Crippen LogP) is 4.76. The molecule has 0 aliphatic rings. The van der Waals surface area contributed by atoms with Crippen LogP contribution < -0.4 is 10.1 Å². The molecule has 1 heterocycles. The summed E-state index contributed by atoms with van der Waals surface area (Å²) in [6, 6.07) is 15.5. The molecule has 0 aliphatic heterocycles. The minimum atomic E-state index is -0.514. The number of aromatic amines is 1. The van der Waals surface area contributed by atoms with E-state index in [9.17, 15) is 14.7 Å². The van der Waals surface area contributed by atoms with Gasteiger partial charge in [-0.1, -0.05) is 24.3 Å². The second-order valence-electron chi connectivity index (χ2n) is 6.52. The number of aromatic nitrogens is 2. The number of benzene rings is 3. The van der Waals surface area contributed by atoms with E-state index in [2.05, 4.69) is 25.7 Å². The van der Waals surface area contributed by atoms with Crippen molar-refractivity contribution in [1.29, 1.82) is 0 Å². The smallest absolute Gasteiger partial charge is 0.259 e. The van der Waals surface area contributed by atoms with Gasteiger partial charge in [-0.05, 0) is 35.7 Å². The summed E-state index contributed by atoms with van der Waals surface area (Å²) in [5.74, 6) is -0.0464. The van der Waals surface area contributed by atoms with Crippen molar-refractivity contribution >= 4 is 40.2 Å². The summed E-state index contributed by atoms with van der Waals surface area (Å²) in [7, 11) is 1.55. The number of fused-ring (bicyclic) bond motifs is 1. The fraction of sp³-hybridized carbons (Fsp3) is 0.0455. The molecule has 31 heavy (non-hydrogen) atoms. The first-order valence-electron chi connectivity index (χ1n) is 9.21. The van der Waals surface area contributed by atoms with Crippen LogP contribution in [0.1, 0.15) is 20.7 Å². The highest BCUT2D eigenvalue weighted by molar-refractivity contribution is 6.11. The number of aldehydes is 1. The van der Waals surface area contributed by atoms with E-state index in [4.69, 9.17) is 4.74 Å². The van der Waals surface area contributed by atoms with Crippen molar-refractivity contribution < 1.29 is 19.4 Å². The average molecular weight is 415 g/mol. The number of hydrogen-bond acceptors (Lipinski definition) is 7. The Kier molecular flexibility index (Phi) is 5.39. The van der Waals surface area contributed by atoms with Gasteiger partial charge in [0.1, 0.15) is 11.4 Å². The summed E-state index contributed by atoms with van der Waals surface area (Å²) >= 11 is 0. The zero-order valence-electron chi connectivity index (χ0n) is 16.4. The predicted molar refractivity (Wildman–Crippen MR) is 115 cm³/mol. The number of phenolic OH excluding ortho intramolecular Hbond substituents is 1. The van der Waals surface area contributed by atoms with E-state index in [-0.39, 0.29) is 28.4 Å². The van der Waals surface area contributed by atoms with E-state index in [0.29, 0.717) is 28.5 Å². The quantitative estimate of drug-likeness (QED) is 0.309. The van der Waals surface area contributed by atoms with E-state index in [0.717, 1.165) is 0 Å². The van der Waals surface area contributed by atoms with Crippen LogP contribution in [-0.4, -0.2) is 34.6 Å². The first-order chi connectivity index (χ1) is 15.1. The minimum Gasteiger partial charge on any atom is -0.505 e. The number of carbonyl (C=O) groups is 2. The molecule has 1 aromatic heterocycles. The highest BCUT2D eigenvalue weighted by atomic mass is 16.5. The third-order valence-electron chi connectivity index (χ3n) is 4.61. The number of carbonyl (C=O) groups excluding carboxylic acids is 2. The summed E-state index contributed by atoms with van der Waals surface area (Å²) in [5.41, 5.74) is 0.892. The monoisotopic (exact) mass is 415 g/mol. The number of aromatic hydroxyl groups is 1. The molecule has 0 aliphatic carbocycles. The van der Waals surface area contributed by atoms with Gasteiger partial charge in [0.2, 0.25) is 0 Å². The van der Waals surface area contributed by atoms with Gasteiger partial charge in [0.25, 0.3) is 5.91 Å². The molecule has 0 bridgehead atoms. The van der Waals surface area contributed by atoms with Crippen LogP contribution in [0.3, 0.4) is 0 Å². The highest BCUT2D eigenvalue weighted by Gasteiger charge is 2.19. The van der Waals surface area contributed by atoms with Crippen molar-refractivity contribution in [1.82, 2.24) is 10.2 Å². The second kappa shape index (κ2) is 8.46. The van der Waals surface area contributed by atoms with Gasteiger partial charge in [0.15, 0.2) is 17.9 Å². The Bertz CT molecular complexity index is 1300. The average Bonchev–Trinajstić information content (AvgIpc) is 3.26. The fourth-order valence-corrected chi connectivity index (χ4v) is 3.02. The molecule has 1 amide bonds. The lowest BCUT2D eigenvalue weighted by Crippen LogP contribution is -2.12. The normalized spacial score (nSPS) is 11.0. The molecule has 0 fully saturated rings. The first-order valence-corrected chi connectivity index (χ1v) is 9.21. The lowest BCUT2D eigenvalue weighted by molar-refractivity contribution is 0.102. The third-order valence-corrected chi connectivity index (χ3v) is 4.61. The Morgan fingerprint density at radius 2 is 1.94 bits per heavy atom. The fourth-order valence-electron chi connectivity index (χ4n) is 3.02. The van der Waals surface area contributed by atoms with Gasteiger partial charge in [0, 0.05) is 11.1 Å². The molecular weight excluding hydrogens is 398 g/mol. The van der Waals surface area contributed by atoms with Gasteiger partial charge in [-0.15, -0.1) is 10.2 Å². The molecule has 0 radical (unpaired) electrons. The van der Waals surface area contributed by atoms with Crippen LogP contribution >= 0.6 is 0 Å². The number of ether oxygens (including phenoxy) is 1. The van der Waals surface area contributed by atoms with Crippen LogP contribution in [0.25, 0.3) is 10.8 Å². The van der Waals surface area contributed by atoms with Crippen LogP contribution in [0.5, 0.6) is 11.5 Å². The number of phenols is 1. The van der Waals surface area contributed by atoms with Crippen molar-refractivity contribution in [2.45, 2.75) is 0 Å². The molecule has 0 unspecified atom stereocenters. The van der Waals surface area contributed by atoms with Crippen molar-refractivity contribution in [2.24, 2.45) is 10.2 Å². The molecule has 0 atom stereocenters. The SMILES string of the molecule is COc1ccc(NC(=O)c2cc3ccccc3c(N=Nc3[nH]ncc3C=O)c2O)cc1. The molecular formula is C22H17N5O4. The van der Waals surface area contributed by atoms with Crippen LogP contribution in [0.2, 0.25) is 0 Å². The maximum atomic E-state index is 12.9. The third kappa shape index (κ3) is 3.97. The van der Waals surface area contributed by atoms with Crippen molar-refractivity contribution in [3.05, 3.63) is 71.9 Å². The summed E-state index contributed by atoms with van der Waals surface area (Å²) in [6.45, 7) is 0. The lowest BCUT2D eigenvalue weighted by Gasteiger charge is -2.11. The zero-order chi connectivity index (χ0) is 21.8. The summed E-state index contributed by atoms with van der Waals surface area (Å²) in [6.07, 6.45) is 1.91. The number of amides is 1. The standard InChI is InChI=1S/C22H17N5O4/c1-31-16-8-6-15(7-9-16)24-22(30)18-10-13-4-2-3-5-17(13)19(20(18)29)25-27-21-14(12-28)11-23-26-21/h2-12,29H,1H3,(H,23,26)(H,24,30). The highest BCUT2D eigenvalue weighted by Crippen LogP contribution is 2.39. The summed E-state index contributed by atoms with van der Waals surface area (Å²) < 4.78 is 5.11. The number of methoxy groups -OCH3 is 1. The number of azo groups is 1. The Hall–Kier alpha value is -4.53. The Labute approximate surface area is 176 Å². The van der Waals surface area contributed by atoms with Crippen molar-refractivity contribution in [2.75, 3.05) is 12.4 Å². The molecule has 0 saturated carbocycles. The van der Waals surface area contributed by atoms with E-state index in [1.807, 2.05) is 6.07 Å². The van der Waals surface area contributed by atoms with Crippen LogP contribution in [0.15, 0.2) is 71.0 Å². The molecule has 0 spiro atoms. The largest absolute Gasteiger partial charge is 0.505 e. The van der Waals surface area contributed by atoms with Crippen LogP contribution in [0, 0.1) is 0 Å². The van der Waals surface area contributed by atoms with Gasteiger partial charge in [-0.3, -0.25) is 14.7 Å². The van der Waals surface area contributed by atoms with E-state index in [1.165, 1.54) is 6.20 Å². The molecule has 9 nitrogen and oxygen atoms in total. The maximum absolute atomic E-state index is 12.9. The van der Waals surface area contributed by atoms with Gasteiger partial charge in [-0.25, -0.2) is 0 Å². The molecule has 3 aromatic carbocycles. The summed E-state index contributed by atoms with van der Waals surface area (Å²) in [4.78, 5) is 23.9. The van der Waals surface area contributed by atoms with Crippen LogP contribution in [-0.2, 0) is 0 Å². The van der Waals surface area contributed by atoms with Gasteiger partial charge in [0.05, 0.1) is 24.4 Å². The lowest BCUT2D eigenvalue weighted by atomic mass is 10.0. The van der Waals surface area contributed by atoms with E-state index in [1.54, 1.807) is 55.6 Å². The van der Waals surface area contributed by atoms with Gasteiger partial charge >= 0.3 is 0 Å².